The normalized spacial score (nSPS) is 13.8. The Morgan fingerprint density at radius 3 is 1.25 bits per heavy atom. The van der Waals surface area contributed by atoms with Crippen molar-refractivity contribution in [3.05, 3.63) is 128 Å². The smallest absolute Gasteiger partial charge is 0.0439 e. The molecule has 2 heteroatoms. The Balaban J connectivity index is 1.71. The summed E-state index contributed by atoms with van der Waals surface area (Å²) in [6.07, 6.45) is 0. The Hall–Kier alpha value is -3.52. The second kappa shape index (κ2) is 9.85. The molecule has 4 aromatic carbocycles. The van der Waals surface area contributed by atoms with Crippen molar-refractivity contribution in [3.8, 4) is 0 Å². The zero-order valence-corrected chi connectivity index (χ0v) is 22.7. The maximum Gasteiger partial charge on any atom is 0.0439 e. The molecule has 0 saturated heterocycles. The molecule has 0 unspecified atom stereocenters. The Morgan fingerprint density at radius 2 is 0.833 bits per heavy atom. The molecule has 0 bridgehead atoms. The predicted octanol–water partition coefficient (Wildman–Crippen LogP) is 8.26. The van der Waals surface area contributed by atoms with Gasteiger partial charge in [-0.3, -0.25) is 0 Å². The Kier molecular flexibility index (Phi) is 6.62. The highest BCUT2D eigenvalue weighted by Crippen LogP contribution is 2.34. The second-order valence-electron chi connectivity index (χ2n) is 10.7. The fourth-order valence-electron chi connectivity index (χ4n) is 5.60. The van der Waals surface area contributed by atoms with Crippen LogP contribution < -0.4 is 9.80 Å². The number of aryl methyl sites for hydroxylation is 6. The van der Waals surface area contributed by atoms with Crippen molar-refractivity contribution in [2.45, 2.75) is 67.7 Å². The van der Waals surface area contributed by atoms with E-state index in [0.29, 0.717) is 0 Å². The van der Waals surface area contributed by atoms with Gasteiger partial charge < -0.3 is 9.80 Å². The first-order valence-electron chi connectivity index (χ1n) is 13.1. The van der Waals surface area contributed by atoms with Gasteiger partial charge in [-0.15, -0.1) is 0 Å². The van der Waals surface area contributed by atoms with E-state index in [1.165, 1.54) is 67.0 Å². The molecule has 184 valence electrons. The Bertz CT molecular complexity index is 1310. The highest BCUT2D eigenvalue weighted by Gasteiger charge is 2.22. The van der Waals surface area contributed by atoms with Gasteiger partial charge in [-0.2, -0.15) is 0 Å². The number of benzene rings is 4. The van der Waals surface area contributed by atoms with Gasteiger partial charge in [0.05, 0.1) is 0 Å². The molecule has 1 aliphatic heterocycles. The van der Waals surface area contributed by atoms with Crippen molar-refractivity contribution >= 4 is 11.4 Å². The molecule has 4 aromatic rings. The average molecular weight is 475 g/mol. The lowest BCUT2D eigenvalue weighted by Gasteiger charge is -2.35. The molecule has 0 atom stereocenters. The lowest BCUT2D eigenvalue weighted by molar-refractivity contribution is 0.722. The number of nitrogens with zero attached hydrogens (tertiary/aromatic N) is 2. The lowest BCUT2D eigenvalue weighted by Crippen LogP contribution is -2.31. The fourth-order valence-corrected chi connectivity index (χ4v) is 5.60. The molecular weight excluding hydrogens is 436 g/mol. The summed E-state index contributed by atoms with van der Waals surface area (Å²) < 4.78 is 0. The Labute approximate surface area is 217 Å². The van der Waals surface area contributed by atoms with Gasteiger partial charge in [0.25, 0.3) is 0 Å². The SMILES string of the molecule is Cc1ccc(C)c(N2Cc3ccccc3CN(c3cc(C)ccc3C)Cc3c(C)ccc(C)c3C2)c1. The third kappa shape index (κ3) is 4.78. The van der Waals surface area contributed by atoms with E-state index >= 15 is 0 Å². The van der Waals surface area contributed by atoms with Crippen molar-refractivity contribution in [3.63, 3.8) is 0 Å². The van der Waals surface area contributed by atoms with E-state index in [1.54, 1.807) is 0 Å². The minimum Gasteiger partial charge on any atom is -0.363 e. The number of fused-ring (bicyclic) bond motifs is 2. The van der Waals surface area contributed by atoms with Gasteiger partial charge in [0.15, 0.2) is 0 Å². The van der Waals surface area contributed by atoms with Crippen LogP contribution in [-0.4, -0.2) is 0 Å². The quantitative estimate of drug-likeness (QED) is 0.288. The Morgan fingerprint density at radius 1 is 0.444 bits per heavy atom. The van der Waals surface area contributed by atoms with Crippen molar-refractivity contribution in [2.75, 3.05) is 9.80 Å². The van der Waals surface area contributed by atoms with E-state index in [1.807, 2.05) is 0 Å². The lowest BCUT2D eigenvalue weighted by atomic mass is 9.93. The van der Waals surface area contributed by atoms with Crippen LogP contribution in [0.3, 0.4) is 0 Å². The van der Waals surface area contributed by atoms with Gasteiger partial charge >= 0.3 is 0 Å². The van der Waals surface area contributed by atoms with Crippen LogP contribution in [-0.2, 0) is 26.2 Å². The minimum absolute atomic E-state index is 0.897. The molecule has 1 aliphatic rings. The number of hydrogen-bond acceptors (Lipinski definition) is 2. The summed E-state index contributed by atoms with van der Waals surface area (Å²) in [4.78, 5) is 5.19. The molecule has 2 nitrogen and oxygen atoms in total. The van der Waals surface area contributed by atoms with E-state index in [2.05, 4.69) is 124 Å². The number of hydrogen-bond donors (Lipinski definition) is 0. The molecule has 0 spiro atoms. The van der Waals surface area contributed by atoms with Crippen molar-refractivity contribution in [2.24, 2.45) is 0 Å². The van der Waals surface area contributed by atoms with Crippen LogP contribution in [0.2, 0.25) is 0 Å². The van der Waals surface area contributed by atoms with Crippen LogP contribution in [0.1, 0.15) is 55.6 Å². The largest absolute Gasteiger partial charge is 0.363 e. The highest BCUT2D eigenvalue weighted by molar-refractivity contribution is 5.60. The van der Waals surface area contributed by atoms with E-state index in [0.717, 1.165) is 26.2 Å². The van der Waals surface area contributed by atoms with Gasteiger partial charge in [-0.25, -0.2) is 0 Å². The van der Waals surface area contributed by atoms with E-state index in [-0.39, 0.29) is 0 Å². The predicted molar refractivity (Wildman–Crippen MR) is 154 cm³/mol. The first-order chi connectivity index (χ1) is 17.3. The average Bonchev–Trinajstić information content (AvgIpc) is 2.86. The third-order valence-corrected chi connectivity index (χ3v) is 7.85. The van der Waals surface area contributed by atoms with Gasteiger partial charge in [-0.1, -0.05) is 60.7 Å². The van der Waals surface area contributed by atoms with Crippen LogP contribution in [0.25, 0.3) is 0 Å². The summed E-state index contributed by atoms with van der Waals surface area (Å²) >= 11 is 0. The number of anilines is 2. The number of rotatable bonds is 2. The molecule has 0 saturated carbocycles. The van der Waals surface area contributed by atoms with E-state index in [9.17, 15) is 0 Å². The minimum atomic E-state index is 0.897. The van der Waals surface area contributed by atoms with Crippen molar-refractivity contribution < 1.29 is 0 Å². The molecule has 0 fully saturated rings. The molecule has 0 aliphatic carbocycles. The molecule has 1 heterocycles. The summed E-state index contributed by atoms with van der Waals surface area (Å²) in [5.41, 5.74) is 16.4. The monoisotopic (exact) mass is 474 g/mol. The van der Waals surface area contributed by atoms with Crippen molar-refractivity contribution in [1.82, 2.24) is 0 Å². The van der Waals surface area contributed by atoms with Gasteiger partial charge in [0.1, 0.15) is 0 Å². The molecule has 5 rings (SSSR count). The summed E-state index contributed by atoms with van der Waals surface area (Å²) in [5, 5.41) is 0. The maximum atomic E-state index is 2.60. The molecular formula is C34H38N2. The summed E-state index contributed by atoms with van der Waals surface area (Å²) in [7, 11) is 0. The first-order valence-corrected chi connectivity index (χ1v) is 13.1. The van der Waals surface area contributed by atoms with Crippen molar-refractivity contribution in [1.29, 1.82) is 0 Å². The van der Waals surface area contributed by atoms with Crippen LogP contribution >= 0.6 is 0 Å². The fraction of sp³-hybridized carbons (Fsp3) is 0.294. The maximum absolute atomic E-state index is 2.60. The summed E-state index contributed by atoms with van der Waals surface area (Å²) in [5.74, 6) is 0. The van der Waals surface area contributed by atoms with E-state index in [4.69, 9.17) is 0 Å². The molecule has 0 radical (unpaired) electrons. The molecule has 0 aromatic heterocycles. The van der Waals surface area contributed by atoms with Gasteiger partial charge in [0, 0.05) is 37.6 Å². The topological polar surface area (TPSA) is 6.48 Å². The summed E-state index contributed by atoms with van der Waals surface area (Å²) in [6.45, 7) is 17.0. The second-order valence-corrected chi connectivity index (χ2v) is 10.7. The zero-order chi connectivity index (χ0) is 25.4. The van der Waals surface area contributed by atoms with Crippen LogP contribution in [0.15, 0.2) is 72.8 Å². The van der Waals surface area contributed by atoms with Crippen LogP contribution in [0.4, 0.5) is 11.4 Å². The molecule has 0 amide bonds. The van der Waals surface area contributed by atoms with E-state index < -0.39 is 0 Å². The van der Waals surface area contributed by atoms with Crippen LogP contribution in [0, 0.1) is 41.5 Å². The van der Waals surface area contributed by atoms with Gasteiger partial charge in [-0.05, 0) is 109 Å². The summed E-state index contributed by atoms with van der Waals surface area (Å²) in [6, 6.07) is 27.3. The third-order valence-electron chi connectivity index (χ3n) is 7.85. The molecule has 0 N–H and O–H groups in total. The zero-order valence-electron chi connectivity index (χ0n) is 22.7. The highest BCUT2D eigenvalue weighted by atomic mass is 15.2. The van der Waals surface area contributed by atoms with Crippen LogP contribution in [0.5, 0.6) is 0 Å². The standard InChI is InChI=1S/C34H38N2/c1-23-11-13-27(5)33(17-23)35-19-29-9-7-8-10-30(29)20-36(34-18-24(2)12-14-28(34)6)22-32-26(4)16-15-25(3)31(32)21-35/h7-18H,19-22H2,1-6H3. The van der Waals surface area contributed by atoms with Gasteiger partial charge in [0.2, 0.25) is 0 Å². The molecule has 36 heavy (non-hydrogen) atoms. The first kappa shape index (κ1) is 24.2.